The largest absolute Gasteiger partial charge is 0.458 e. The van der Waals surface area contributed by atoms with Crippen LogP contribution in [0.4, 0.5) is 33.3 Å². The van der Waals surface area contributed by atoms with E-state index in [0.717, 1.165) is 6.92 Å². The van der Waals surface area contributed by atoms with Crippen LogP contribution in [0.25, 0.3) is 0 Å². The fourth-order valence-corrected chi connectivity index (χ4v) is 1.41. The second-order valence-electron chi connectivity index (χ2n) is 3.73. The van der Waals surface area contributed by atoms with Crippen molar-refractivity contribution in [2.75, 3.05) is 0 Å². The molecule has 0 aliphatic carbocycles. The van der Waals surface area contributed by atoms with Crippen LogP contribution >= 0.6 is 0 Å². The monoisotopic (exact) mass is 300 g/mol. The van der Waals surface area contributed by atoms with E-state index >= 15 is 0 Å². The highest BCUT2D eigenvalue weighted by Crippen LogP contribution is 2.46. The topological polar surface area (TPSA) is 86.3 Å². The molecule has 1 aromatic rings. The van der Waals surface area contributed by atoms with Gasteiger partial charge in [0, 0.05) is 17.7 Å². The second kappa shape index (κ2) is 4.65. The van der Waals surface area contributed by atoms with E-state index in [0.29, 0.717) is 0 Å². The normalized spacial score (nSPS) is 12.3. The lowest BCUT2D eigenvalue weighted by Crippen LogP contribution is -2.33. The molecule has 20 heavy (non-hydrogen) atoms. The summed E-state index contributed by atoms with van der Waals surface area (Å²) in [5, 5.41) is 21.2. The Morgan fingerprint density at radius 2 is 1.30 bits per heavy atom. The van der Waals surface area contributed by atoms with Crippen LogP contribution in [0.2, 0.25) is 0 Å². The van der Waals surface area contributed by atoms with Gasteiger partial charge in [0.05, 0.1) is 9.85 Å². The van der Waals surface area contributed by atoms with Crippen LogP contribution in [0.5, 0.6) is 0 Å². The number of halogens is 5. The van der Waals surface area contributed by atoms with E-state index < -0.39 is 44.4 Å². The minimum atomic E-state index is -6.02. The molecule has 0 aromatic heterocycles. The van der Waals surface area contributed by atoms with E-state index in [9.17, 15) is 42.2 Å². The molecule has 0 fully saturated rings. The Morgan fingerprint density at radius 3 is 1.55 bits per heavy atom. The molecule has 0 aliphatic heterocycles. The first-order valence-electron chi connectivity index (χ1n) is 4.78. The molecule has 1 rings (SSSR count). The van der Waals surface area contributed by atoms with Gasteiger partial charge in [-0.25, -0.2) is 0 Å². The Hall–Kier alpha value is -2.33. The van der Waals surface area contributed by atoms with Crippen molar-refractivity contribution in [1.29, 1.82) is 0 Å². The van der Waals surface area contributed by atoms with Gasteiger partial charge in [-0.3, -0.25) is 20.2 Å². The van der Waals surface area contributed by atoms with Crippen molar-refractivity contribution < 1.29 is 31.8 Å². The zero-order valence-corrected chi connectivity index (χ0v) is 9.57. The summed E-state index contributed by atoms with van der Waals surface area (Å²) in [5.74, 6) is -5.43. The van der Waals surface area contributed by atoms with Gasteiger partial charge in [-0.15, -0.1) is 0 Å². The minimum Gasteiger partial charge on any atom is -0.258 e. The van der Waals surface area contributed by atoms with Crippen molar-refractivity contribution in [3.8, 4) is 0 Å². The molecule has 0 saturated carbocycles. The summed E-state index contributed by atoms with van der Waals surface area (Å²) in [5.41, 5.74) is -4.83. The molecule has 110 valence electrons. The Morgan fingerprint density at radius 1 is 0.950 bits per heavy atom. The molecule has 0 amide bonds. The summed E-state index contributed by atoms with van der Waals surface area (Å²) in [6.45, 7) is 0.881. The quantitative estimate of drug-likeness (QED) is 0.486. The fraction of sp³-hybridized carbons (Fsp3) is 0.333. The van der Waals surface area contributed by atoms with E-state index in [2.05, 4.69) is 0 Å². The van der Waals surface area contributed by atoms with Crippen LogP contribution in [0.15, 0.2) is 12.1 Å². The van der Waals surface area contributed by atoms with Crippen molar-refractivity contribution in [1.82, 2.24) is 0 Å². The predicted octanol–water partition coefficient (Wildman–Crippen LogP) is 3.47. The van der Waals surface area contributed by atoms with Crippen LogP contribution in [-0.4, -0.2) is 16.0 Å². The lowest BCUT2D eigenvalue weighted by atomic mass is 10.0. The summed E-state index contributed by atoms with van der Waals surface area (Å²) in [4.78, 5) is 18.6. The average Bonchev–Trinajstić information content (AvgIpc) is 2.26. The molecule has 6 nitrogen and oxygen atoms in total. The molecule has 1 aromatic carbocycles. The minimum absolute atomic E-state index is 0.0180. The summed E-state index contributed by atoms with van der Waals surface area (Å²) >= 11 is 0. The maximum Gasteiger partial charge on any atom is 0.458 e. The lowest BCUT2D eigenvalue weighted by molar-refractivity contribution is -0.395. The first-order valence-corrected chi connectivity index (χ1v) is 4.78. The van der Waals surface area contributed by atoms with Gasteiger partial charge in [0.1, 0.15) is 5.56 Å². The van der Waals surface area contributed by atoms with Gasteiger partial charge in [-0.05, 0) is 6.92 Å². The van der Waals surface area contributed by atoms with Gasteiger partial charge in [0.25, 0.3) is 11.4 Å². The maximum absolute atomic E-state index is 13.1. The van der Waals surface area contributed by atoms with Crippen molar-refractivity contribution in [2.45, 2.75) is 19.0 Å². The molecule has 0 aliphatic rings. The Bertz CT molecular complexity index is 549. The maximum atomic E-state index is 13.1. The summed E-state index contributed by atoms with van der Waals surface area (Å²) < 4.78 is 62.8. The van der Waals surface area contributed by atoms with Crippen LogP contribution in [0.3, 0.4) is 0 Å². The summed E-state index contributed by atoms with van der Waals surface area (Å²) in [6.07, 6.45) is -6.02. The average molecular weight is 300 g/mol. The fourth-order valence-electron chi connectivity index (χ4n) is 1.41. The molecule has 0 spiro atoms. The van der Waals surface area contributed by atoms with Crippen LogP contribution < -0.4 is 0 Å². The molecule has 0 radical (unpaired) electrons. The van der Waals surface area contributed by atoms with E-state index in [1.165, 1.54) is 0 Å². The van der Waals surface area contributed by atoms with Crippen LogP contribution in [0, 0.1) is 27.2 Å². The van der Waals surface area contributed by atoms with Crippen molar-refractivity contribution in [3.05, 3.63) is 43.5 Å². The molecule has 0 atom stereocenters. The van der Waals surface area contributed by atoms with Crippen molar-refractivity contribution >= 4 is 11.4 Å². The summed E-state index contributed by atoms with van der Waals surface area (Å²) in [6, 6.07) is -0.0361. The van der Waals surface area contributed by atoms with Crippen LogP contribution in [0.1, 0.15) is 11.1 Å². The van der Waals surface area contributed by atoms with Gasteiger partial charge in [0.15, 0.2) is 0 Å². The smallest absolute Gasteiger partial charge is 0.258 e. The molecule has 0 unspecified atom stereocenters. The Kier molecular flexibility index (Phi) is 3.66. The van der Waals surface area contributed by atoms with Gasteiger partial charge in [-0.1, -0.05) is 0 Å². The predicted molar refractivity (Wildman–Crippen MR) is 54.4 cm³/mol. The van der Waals surface area contributed by atoms with Crippen molar-refractivity contribution in [2.24, 2.45) is 0 Å². The van der Waals surface area contributed by atoms with E-state index in [1.807, 2.05) is 0 Å². The van der Waals surface area contributed by atoms with Gasteiger partial charge >= 0.3 is 12.1 Å². The number of rotatable bonds is 3. The number of nitro groups is 2. The van der Waals surface area contributed by atoms with E-state index in [-0.39, 0.29) is 12.1 Å². The van der Waals surface area contributed by atoms with Gasteiger partial charge in [0.2, 0.25) is 0 Å². The van der Waals surface area contributed by atoms with Crippen LogP contribution in [-0.2, 0) is 5.92 Å². The van der Waals surface area contributed by atoms with Gasteiger partial charge < -0.3 is 0 Å². The number of nitrogens with zero attached hydrogens (tertiary/aromatic N) is 2. The lowest BCUT2D eigenvalue weighted by Gasteiger charge is -2.19. The molecule has 0 heterocycles. The SMILES string of the molecule is Cc1c([N+](=O)[O-])cc(C(F)(F)C(F)(F)F)cc1[N+](=O)[O-]. The second-order valence-corrected chi connectivity index (χ2v) is 3.73. The number of nitro benzene ring substituents is 2. The molecular weight excluding hydrogens is 295 g/mol. The highest BCUT2D eigenvalue weighted by molar-refractivity contribution is 5.56. The van der Waals surface area contributed by atoms with E-state index in [1.54, 1.807) is 0 Å². The standard InChI is InChI=1S/C9H5F5N2O4/c1-4-6(15(17)18)2-5(3-7(4)16(19)20)8(10,11)9(12,13)14/h2-3H,1H3. The number of alkyl halides is 5. The molecular formula is C9H5F5N2O4. The molecule has 11 heteroatoms. The first-order chi connectivity index (χ1) is 8.89. The zero-order valence-electron chi connectivity index (χ0n) is 9.57. The molecule has 0 N–H and O–H groups in total. The van der Waals surface area contributed by atoms with Crippen molar-refractivity contribution in [3.63, 3.8) is 0 Å². The third-order valence-corrected chi connectivity index (χ3v) is 2.46. The third kappa shape index (κ3) is 2.51. The number of hydrogen-bond donors (Lipinski definition) is 0. The third-order valence-electron chi connectivity index (χ3n) is 2.46. The summed E-state index contributed by atoms with van der Waals surface area (Å²) in [7, 11) is 0. The number of benzene rings is 1. The van der Waals surface area contributed by atoms with Gasteiger partial charge in [-0.2, -0.15) is 22.0 Å². The zero-order chi connectivity index (χ0) is 15.9. The number of hydrogen-bond acceptors (Lipinski definition) is 4. The van der Waals surface area contributed by atoms with E-state index in [4.69, 9.17) is 0 Å². The highest BCUT2D eigenvalue weighted by atomic mass is 19.4. The Balaban J connectivity index is 3.67. The molecule has 0 saturated heterocycles. The highest BCUT2D eigenvalue weighted by Gasteiger charge is 2.59. The molecule has 0 bridgehead atoms. The Labute approximate surface area is 107 Å². The first kappa shape index (κ1) is 15.7.